The SMILES string of the molecule is Cc1ccc(CC(C)NC(=O)C2(C#N)CCCCCC2)s1. The van der Waals surface area contributed by atoms with Crippen LogP contribution in [0, 0.1) is 23.7 Å². The zero-order valence-electron chi connectivity index (χ0n) is 12.9. The molecule has 0 aliphatic heterocycles. The molecule has 21 heavy (non-hydrogen) atoms. The number of rotatable bonds is 4. The quantitative estimate of drug-likeness (QED) is 0.856. The van der Waals surface area contributed by atoms with Gasteiger partial charge in [0.1, 0.15) is 5.41 Å². The fourth-order valence-electron chi connectivity index (χ4n) is 3.03. The van der Waals surface area contributed by atoms with Gasteiger partial charge in [-0.05, 0) is 38.8 Å². The van der Waals surface area contributed by atoms with Gasteiger partial charge in [0.25, 0.3) is 0 Å². The second-order valence-electron chi connectivity index (χ2n) is 6.20. The Bertz CT molecular complexity index is 521. The number of thiophene rings is 1. The van der Waals surface area contributed by atoms with Gasteiger partial charge in [0.2, 0.25) is 5.91 Å². The molecule has 1 N–H and O–H groups in total. The standard InChI is InChI=1S/C17H24N2OS/c1-13(11-15-8-7-14(2)21-15)19-16(20)17(12-18)9-5-3-4-6-10-17/h7-8,13H,3-6,9-11H2,1-2H3,(H,19,20). The Balaban J connectivity index is 1.96. The molecular formula is C17H24N2OS. The van der Waals surface area contributed by atoms with Gasteiger partial charge in [-0.15, -0.1) is 11.3 Å². The van der Waals surface area contributed by atoms with Crippen LogP contribution >= 0.6 is 11.3 Å². The number of aryl methyl sites for hydroxylation is 1. The molecule has 1 fully saturated rings. The first-order valence-corrected chi connectivity index (χ1v) is 8.65. The molecule has 2 rings (SSSR count). The number of carbonyl (C=O) groups is 1. The molecule has 1 unspecified atom stereocenters. The highest BCUT2D eigenvalue weighted by Crippen LogP contribution is 2.34. The maximum Gasteiger partial charge on any atom is 0.240 e. The van der Waals surface area contributed by atoms with Gasteiger partial charge in [-0.2, -0.15) is 5.26 Å². The molecule has 1 aromatic heterocycles. The summed E-state index contributed by atoms with van der Waals surface area (Å²) in [5.41, 5.74) is -0.796. The summed E-state index contributed by atoms with van der Waals surface area (Å²) < 4.78 is 0. The number of nitriles is 1. The van der Waals surface area contributed by atoms with Crippen LogP contribution in [0.4, 0.5) is 0 Å². The Morgan fingerprint density at radius 2 is 2.05 bits per heavy atom. The number of hydrogen-bond donors (Lipinski definition) is 1. The van der Waals surface area contributed by atoms with Crippen molar-refractivity contribution in [3.63, 3.8) is 0 Å². The van der Waals surface area contributed by atoms with Crippen LogP contribution in [0.5, 0.6) is 0 Å². The van der Waals surface area contributed by atoms with Crippen LogP contribution in [-0.4, -0.2) is 11.9 Å². The van der Waals surface area contributed by atoms with E-state index in [1.54, 1.807) is 11.3 Å². The fraction of sp³-hybridized carbons (Fsp3) is 0.647. The predicted molar refractivity (Wildman–Crippen MR) is 86.1 cm³/mol. The van der Waals surface area contributed by atoms with Gasteiger partial charge in [0.15, 0.2) is 0 Å². The van der Waals surface area contributed by atoms with Crippen LogP contribution in [0.25, 0.3) is 0 Å². The Hall–Kier alpha value is -1.34. The maximum atomic E-state index is 12.6. The van der Waals surface area contributed by atoms with Crippen LogP contribution in [0.15, 0.2) is 12.1 Å². The van der Waals surface area contributed by atoms with Crippen LogP contribution in [0.3, 0.4) is 0 Å². The third-order valence-corrected chi connectivity index (χ3v) is 5.31. The molecule has 114 valence electrons. The lowest BCUT2D eigenvalue weighted by Gasteiger charge is -2.25. The van der Waals surface area contributed by atoms with Crippen molar-refractivity contribution in [3.8, 4) is 6.07 Å². The summed E-state index contributed by atoms with van der Waals surface area (Å²) in [4.78, 5) is 15.2. The number of nitrogens with one attached hydrogen (secondary N) is 1. The summed E-state index contributed by atoms with van der Waals surface area (Å²) in [5.74, 6) is -0.0623. The van der Waals surface area contributed by atoms with E-state index in [1.807, 2.05) is 6.92 Å². The number of hydrogen-bond acceptors (Lipinski definition) is 3. The molecule has 1 heterocycles. The van der Waals surface area contributed by atoms with Gasteiger partial charge < -0.3 is 5.32 Å². The first kappa shape index (κ1) is 16.0. The summed E-state index contributed by atoms with van der Waals surface area (Å²) in [6.45, 7) is 4.11. The van der Waals surface area contributed by atoms with Crippen LogP contribution in [0.2, 0.25) is 0 Å². The van der Waals surface area contributed by atoms with E-state index in [-0.39, 0.29) is 11.9 Å². The van der Waals surface area contributed by atoms with E-state index in [4.69, 9.17) is 0 Å². The minimum atomic E-state index is -0.796. The molecule has 3 nitrogen and oxygen atoms in total. The lowest BCUT2D eigenvalue weighted by molar-refractivity contribution is -0.129. The highest BCUT2D eigenvalue weighted by molar-refractivity contribution is 7.11. The van der Waals surface area contributed by atoms with Crippen LogP contribution in [-0.2, 0) is 11.2 Å². The van der Waals surface area contributed by atoms with Crippen molar-refractivity contribution in [2.75, 3.05) is 0 Å². The molecule has 1 amide bonds. The number of carbonyl (C=O) groups excluding carboxylic acids is 1. The fourth-order valence-corrected chi connectivity index (χ4v) is 4.05. The van der Waals surface area contributed by atoms with E-state index in [9.17, 15) is 10.1 Å². The second kappa shape index (κ2) is 7.09. The van der Waals surface area contributed by atoms with Gasteiger partial charge in [-0.1, -0.05) is 25.7 Å². The van der Waals surface area contributed by atoms with Gasteiger partial charge in [0.05, 0.1) is 6.07 Å². The molecule has 1 atom stereocenters. The van der Waals surface area contributed by atoms with Crippen molar-refractivity contribution in [1.29, 1.82) is 5.26 Å². The smallest absolute Gasteiger partial charge is 0.240 e. The first-order valence-electron chi connectivity index (χ1n) is 7.83. The summed E-state index contributed by atoms with van der Waals surface area (Å²) in [7, 11) is 0. The molecular weight excluding hydrogens is 280 g/mol. The highest BCUT2D eigenvalue weighted by atomic mass is 32.1. The minimum absolute atomic E-state index is 0.0623. The first-order chi connectivity index (χ1) is 10.1. The number of amides is 1. The van der Waals surface area contributed by atoms with Gasteiger partial charge in [-0.25, -0.2) is 0 Å². The lowest BCUT2D eigenvalue weighted by atomic mass is 9.80. The molecule has 1 saturated carbocycles. The molecule has 1 aliphatic carbocycles. The van der Waals surface area contributed by atoms with Gasteiger partial charge in [0, 0.05) is 22.2 Å². The van der Waals surface area contributed by atoms with E-state index in [0.29, 0.717) is 12.8 Å². The largest absolute Gasteiger partial charge is 0.352 e. The highest BCUT2D eigenvalue weighted by Gasteiger charge is 2.39. The molecule has 4 heteroatoms. The van der Waals surface area contributed by atoms with Crippen molar-refractivity contribution in [1.82, 2.24) is 5.32 Å². The van der Waals surface area contributed by atoms with Gasteiger partial charge in [-0.3, -0.25) is 4.79 Å². The maximum absolute atomic E-state index is 12.6. The Kier molecular flexibility index (Phi) is 5.41. The molecule has 0 aromatic carbocycles. The van der Waals surface area contributed by atoms with E-state index >= 15 is 0 Å². The molecule has 1 aliphatic rings. The predicted octanol–water partition coefficient (Wildman–Crippen LogP) is 3.97. The van der Waals surface area contributed by atoms with Gasteiger partial charge >= 0.3 is 0 Å². The zero-order valence-corrected chi connectivity index (χ0v) is 13.8. The minimum Gasteiger partial charge on any atom is -0.352 e. The van der Waals surface area contributed by atoms with E-state index in [1.165, 1.54) is 9.75 Å². The Morgan fingerprint density at radius 1 is 1.38 bits per heavy atom. The summed E-state index contributed by atoms with van der Waals surface area (Å²) >= 11 is 1.77. The normalized spacial score (nSPS) is 19.3. The Labute approximate surface area is 131 Å². The van der Waals surface area contributed by atoms with Crippen molar-refractivity contribution in [2.45, 2.75) is 64.8 Å². The van der Waals surface area contributed by atoms with Crippen molar-refractivity contribution in [3.05, 3.63) is 21.9 Å². The number of nitrogens with zero attached hydrogens (tertiary/aromatic N) is 1. The molecule has 0 radical (unpaired) electrons. The molecule has 0 spiro atoms. The van der Waals surface area contributed by atoms with E-state index in [0.717, 1.165) is 32.1 Å². The molecule has 0 bridgehead atoms. The monoisotopic (exact) mass is 304 g/mol. The third-order valence-electron chi connectivity index (χ3n) is 4.29. The van der Waals surface area contributed by atoms with Crippen LogP contribution in [0.1, 0.15) is 55.2 Å². The summed E-state index contributed by atoms with van der Waals surface area (Å²) in [6.07, 6.45) is 6.51. The van der Waals surface area contributed by atoms with Crippen molar-refractivity contribution >= 4 is 17.2 Å². The molecule has 1 aromatic rings. The average molecular weight is 304 g/mol. The zero-order chi connectivity index (χ0) is 15.3. The van der Waals surface area contributed by atoms with E-state index in [2.05, 4.69) is 30.4 Å². The second-order valence-corrected chi connectivity index (χ2v) is 7.57. The van der Waals surface area contributed by atoms with Crippen LogP contribution < -0.4 is 5.32 Å². The topological polar surface area (TPSA) is 52.9 Å². The lowest BCUT2D eigenvalue weighted by Crippen LogP contribution is -2.44. The Morgan fingerprint density at radius 3 is 2.57 bits per heavy atom. The third kappa shape index (κ3) is 4.07. The average Bonchev–Trinajstić information content (AvgIpc) is 2.73. The summed E-state index contributed by atoms with van der Waals surface area (Å²) in [5, 5.41) is 12.6. The van der Waals surface area contributed by atoms with Crippen molar-refractivity contribution < 1.29 is 4.79 Å². The van der Waals surface area contributed by atoms with Crippen molar-refractivity contribution in [2.24, 2.45) is 5.41 Å². The molecule has 0 saturated heterocycles. The summed E-state index contributed by atoms with van der Waals surface area (Å²) in [6, 6.07) is 6.62. The van der Waals surface area contributed by atoms with E-state index < -0.39 is 5.41 Å².